The number of nitrogens with two attached hydrogens (primary N) is 1. The second kappa shape index (κ2) is 6.35. The number of rotatable bonds is 4. The summed E-state index contributed by atoms with van der Waals surface area (Å²) in [5.74, 6) is 0. The van der Waals surface area contributed by atoms with Crippen LogP contribution in [0.3, 0.4) is 0 Å². The Bertz CT molecular complexity index is 340. The molecule has 2 N–H and O–H groups in total. The molecule has 0 aliphatic carbocycles. The van der Waals surface area contributed by atoms with Crippen LogP contribution in [0.25, 0.3) is 0 Å². The van der Waals surface area contributed by atoms with Crippen LogP contribution in [0.5, 0.6) is 0 Å². The highest BCUT2D eigenvalue weighted by Gasteiger charge is 2.08. The molecule has 0 radical (unpaired) electrons. The first-order valence-corrected chi connectivity index (χ1v) is 5.33. The van der Waals surface area contributed by atoms with Gasteiger partial charge in [-0.15, -0.1) is 0 Å². The fourth-order valence-corrected chi connectivity index (χ4v) is 1.25. The van der Waals surface area contributed by atoms with Gasteiger partial charge in [0.05, 0.1) is 0 Å². The Hall–Kier alpha value is -1.26. The smallest absolute Gasteiger partial charge is 0.409 e. The molecule has 4 nitrogen and oxygen atoms in total. The third-order valence-corrected chi connectivity index (χ3v) is 2.30. The van der Waals surface area contributed by atoms with Gasteiger partial charge < -0.3 is 15.4 Å². The van der Waals surface area contributed by atoms with E-state index in [2.05, 4.69) is 0 Å². The van der Waals surface area contributed by atoms with Crippen LogP contribution in [0.4, 0.5) is 4.79 Å². The fourth-order valence-electron chi connectivity index (χ4n) is 1.12. The largest absolute Gasteiger partial charge is 0.445 e. The predicted octanol–water partition coefficient (Wildman–Crippen LogP) is 1.87. The van der Waals surface area contributed by atoms with Gasteiger partial charge in [-0.05, 0) is 17.7 Å². The summed E-state index contributed by atoms with van der Waals surface area (Å²) in [5, 5.41) is 0.662. The number of amides is 1. The summed E-state index contributed by atoms with van der Waals surface area (Å²) in [7, 11) is 1.65. The summed E-state index contributed by atoms with van der Waals surface area (Å²) < 4.78 is 5.07. The normalized spacial score (nSPS) is 9.94. The maximum absolute atomic E-state index is 11.4. The van der Waals surface area contributed by atoms with Crippen molar-refractivity contribution in [2.45, 2.75) is 6.61 Å². The van der Waals surface area contributed by atoms with Gasteiger partial charge in [0.1, 0.15) is 6.61 Å². The highest BCUT2D eigenvalue weighted by Crippen LogP contribution is 2.10. The van der Waals surface area contributed by atoms with E-state index >= 15 is 0 Å². The Morgan fingerprint density at radius 2 is 2.06 bits per heavy atom. The van der Waals surface area contributed by atoms with Gasteiger partial charge in [0.25, 0.3) is 0 Å². The van der Waals surface area contributed by atoms with Crippen molar-refractivity contribution in [3.05, 3.63) is 34.9 Å². The lowest BCUT2D eigenvalue weighted by molar-refractivity contribution is 0.106. The fraction of sp³-hybridized carbons (Fsp3) is 0.364. The molecule has 1 aromatic carbocycles. The molecule has 0 saturated heterocycles. The van der Waals surface area contributed by atoms with Crippen molar-refractivity contribution in [2.75, 3.05) is 20.1 Å². The van der Waals surface area contributed by atoms with Gasteiger partial charge in [0.2, 0.25) is 0 Å². The summed E-state index contributed by atoms with van der Waals surface area (Å²) >= 11 is 5.74. The summed E-state index contributed by atoms with van der Waals surface area (Å²) in [5.41, 5.74) is 6.23. The first kappa shape index (κ1) is 12.8. The van der Waals surface area contributed by atoms with Crippen molar-refractivity contribution in [1.82, 2.24) is 4.90 Å². The zero-order valence-electron chi connectivity index (χ0n) is 9.15. The zero-order chi connectivity index (χ0) is 12.0. The molecule has 0 aromatic heterocycles. The summed E-state index contributed by atoms with van der Waals surface area (Å²) in [6, 6.07) is 7.15. The lowest BCUT2D eigenvalue weighted by atomic mass is 10.2. The number of likely N-dealkylation sites (N-methyl/N-ethyl adjacent to an activating group) is 1. The third kappa shape index (κ3) is 4.08. The van der Waals surface area contributed by atoms with Crippen molar-refractivity contribution in [1.29, 1.82) is 0 Å². The molecule has 0 bridgehead atoms. The number of nitrogens with zero attached hydrogens (tertiary/aromatic N) is 1. The van der Waals surface area contributed by atoms with Gasteiger partial charge in [-0.25, -0.2) is 4.79 Å². The third-order valence-electron chi connectivity index (χ3n) is 2.05. The quantitative estimate of drug-likeness (QED) is 0.877. The Kier molecular flexibility index (Phi) is 5.08. The van der Waals surface area contributed by atoms with Crippen LogP contribution in [0.1, 0.15) is 5.56 Å². The average Bonchev–Trinajstić information content (AvgIpc) is 2.28. The van der Waals surface area contributed by atoms with Crippen LogP contribution in [0.15, 0.2) is 24.3 Å². The number of hydrogen-bond donors (Lipinski definition) is 1. The molecule has 1 rings (SSSR count). The minimum atomic E-state index is -0.375. The van der Waals surface area contributed by atoms with Gasteiger partial charge in [-0.1, -0.05) is 23.7 Å². The van der Waals surface area contributed by atoms with Crippen LogP contribution in [-0.4, -0.2) is 31.1 Å². The molecule has 16 heavy (non-hydrogen) atoms. The van der Waals surface area contributed by atoms with Crippen LogP contribution in [-0.2, 0) is 11.3 Å². The Labute approximate surface area is 99.9 Å². The average molecular weight is 243 g/mol. The molecule has 0 unspecified atom stereocenters. The summed E-state index contributed by atoms with van der Waals surface area (Å²) in [4.78, 5) is 12.8. The van der Waals surface area contributed by atoms with E-state index in [9.17, 15) is 4.79 Å². The molecule has 5 heteroatoms. The number of benzene rings is 1. The maximum Gasteiger partial charge on any atom is 0.409 e. The molecule has 0 spiro atoms. The Morgan fingerprint density at radius 1 is 1.44 bits per heavy atom. The number of carbonyl (C=O) groups is 1. The second-order valence-electron chi connectivity index (χ2n) is 3.39. The van der Waals surface area contributed by atoms with Gasteiger partial charge in [-0.2, -0.15) is 0 Å². The van der Waals surface area contributed by atoms with Crippen molar-refractivity contribution in [2.24, 2.45) is 5.73 Å². The zero-order valence-corrected chi connectivity index (χ0v) is 9.91. The highest BCUT2D eigenvalue weighted by molar-refractivity contribution is 6.30. The standard InChI is InChI=1S/C11H15ClN2O2/c1-14(7-6-13)11(15)16-8-9-2-4-10(12)5-3-9/h2-5H,6-8,13H2,1H3. The molecule has 0 heterocycles. The lowest BCUT2D eigenvalue weighted by Gasteiger charge is -2.15. The summed E-state index contributed by atoms with van der Waals surface area (Å²) in [6.07, 6.45) is -0.375. The summed E-state index contributed by atoms with van der Waals surface area (Å²) in [6.45, 7) is 1.15. The molecular weight excluding hydrogens is 228 g/mol. The van der Waals surface area contributed by atoms with Crippen molar-refractivity contribution < 1.29 is 9.53 Å². The Balaban J connectivity index is 2.39. The molecule has 1 aromatic rings. The van der Waals surface area contributed by atoms with E-state index in [1.807, 2.05) is 12.1 Å². The van der Waals surface area contributed by atoms with Gasteiger partial charge in [-0.3, -0.25) is 0 Å². The molecule has 0 aliphatic rings. The first-order chi connectivity index (χ1) is 7.63. The van der Waals surface area contributed by atoms with E-state index < -0.39 is 0 Å². The second-order valence-corrected chi connectivity index (χ2v) is 3.83. The van der Waals surface area contributed by atoms with Crippen LogP contribution in [0.2, 0.25) is 5.02 Å². The maximum atomic E-state index is 11.4. The lowest BCUT2D eigenvalue weighted by Crippen LogP contribution is -2.32. The molecule has 0 fully saturated rings. The molecule has 0 saturated carbocycles. The van der Waals surface area contributed by atoms with E-state index in [0.717, 1.165) is 5.56 Å². The minimum Gasteiger partial charge on any atom is -0.445 e. The Morgan fingerprint density at radius 3 is 2.62 bits per heavy atom. The predicted molar refractivity (Wildman–Crippen MR) is 63.3 cm³/mol. The molecule has 0 aliphatic heterocycles. The van der Waals surface area contributed by atoms with E-state index in [0.29, 0.717) is 18.1 Å². The van der Waals surface area contributed by atoms with Gasteiger partial charge >= 0.3 is 6.09 Å². The van der Waals surface area contributed by atoms with E-state index in [1.54, 1.807) is 19.2 Å². The van der Waals surface area contributed by atoms with Crippen molar-refractivity contribution in [3.8, 4) is 0 Å². The SMILES string of the molecule is CN(CCN)C(=O)OCc1ccc(Cl)cc1. The van der Waals surface area contributed by atoms with Crippen molar-refractivity contribution >= 4 is 17.7 Å². The number of hydrogen-bond acceptors (Lipinski definition) is 3. The number of halogens is 1. The number of ether oxygens (including phenoxy) is 1. The monoisotopic (exact) mass is 242 g/mol. The molecule has 88 valence electrons. The first-order valence-electron chi connectivity index (χ1n) is 4.96. The minimum absolute atomic E-state index is 0.241. The molecule has 1 amide bonds. The van der Waals surface area contributed by atoms with Gasteiger partial charge in [0.15, 0.2) is 0 Å². The van der Waals surface area contributed by atoms with E-state index in [-0.39, 0.29) is 12.7 Å². The van der Waals surface area contributed by atoms with Crippen LogP contribution in [0, 0.1) is 0 Å². The van der Waals surface area contributed by atoms with Crippen LogP contribution >= 0.6 is 11.6 Å². The van der Waals surface area contributed by atoms with Crippen molar-refractivity contribution in [3.63, 3.8) is 0 Å². The number of carbonyl (C=O) groups excluding carboxylic acids is 1. The molecule has 0 atom stereocenters. The molecular formula is C11H15ClN2O2. The van der Waals surface area contributed by atoms with Gasteiger partial charge in [0, 0.05) is 25.2 Å². The topological polar surface area (TPSA) is 55.6 Å². The highest BCUT2D eigenvalue weighted by atomic mass is 35.5. The van der Waals surface area contributed by atoms with E-state index in [4.69, 9.17) is 22.1 Å². The van der Waals surface area contributed by atoms with E-state index in [1.165, 1.54) is 4.90 Å². The van der Waals surface area contributed by atoms with Crippen LogP contribution < -0.4 is 5.73 Å².